The van der Waals surface area contributed by atoms with E-state index < -0.39 is 0 Å². The lowest BCUT2D eigenvalue weighted by Gasteiger charge is -2.21. The predicted octanol–water partition coefficient (Wildman–Crippen LogP) is 1.80. The van der Waals surface area contributed by atoms with Crippen LogP contribution in [0, 0.1) is 0 Å². The molecule has 0 aliphatic carbocycles. The van der Waals surface area contributed by atoms with Crippen LogP contribution in [0.5, 0.6) is 0 Å². The van der Waals surface area contributed by atoms with Crippen LogP contribution in [0.25, 0.3) is 11.0 Å². The molecule has 0 spiro atoms. The van der Waals surface area contributed by atoms with Crippen molar-refractivity contribution in [3.63, 3.8) is 0 Å². The highest BCUT2D eigenvalue weighted by Crippen LogP contribution is 2.29. The fourth-order valence-electron chi connectivity index (χ4n) is 3.34. The molecule has 1 unspecified atom stereocenters. The molecule has 1 atom stereocenters. The molecular weight excluding hydrogens is 264 g/mol. The van der Waals surface area contributed by atoms with Gasteiger partial charge in [0.1, 0.15) is 11.3 Å². The first-order valence-corrected chi connectivity index (χ1v) is 7.75. The summed E-state index contributed by atoms with van der Waals surface area (Å²) >= 11 is 0. The summed E-state index contributed by atoms with van der Waals surface area (Å²) in [5, 5.41) is 9.77. The molecule has 21 heavy (non-hydrogen) atoms. The van der Waals surface area contributed by atoms with E-state index in [4.69, 9.17) is 4.98 Å². The van der Waals surface area contributed by atoms with E-state index in [0.29, 0.717) is 6.54 Å². The van der Waals surface area contributed by atoms with E-state index >= 15 is 0 Å². The molecule has 110 valence electrons. The van der Waals surface area contributed by atoms with Gasteiger partial charge in [-0.2, -0.15) is 0 Å². The average Bonchev–Trinajstić information content (AvgIpc) is 3.17. The number of β-amino-alcohol motifs (C(OH)–C–C–N with tert-alkyl or cyclic N) is 1. The van der Waals surface area contributed by atoms with Gasteiger partial charge in [0.05, 0.1) is 17.3 Å². The fourth-order valence-corrected chi connectivity index (χ4v) is 3.34. The van der Waals surface area contributed by atoms with Crippen molar-refractivity contribution in [1.29, 1.82) is 0 Å². The van der Waals surface area contributed by atoms with Crippen LogP contribution in [0.15, 0.2) is 24.4 Å². The standard InChI is InChI=1S/C16H20N4O/c21-12-6-10-20(11-12)14-5-7-17-13-3-4-15(18-16(13)14)19-8-1-2-9-19/h3-5,7,12,21H,1-2,6,8-11H2. The Labute approximate surface area is 124 Å². The number of aliphatic hydroxyl groups is 1. The molecule has 0 bridgehead atoms. The van der Waals surface area contributed by atoms with E-state index in [9.17, 15) is 5.11 Å². The van der Waals surface area contributed by atoms with Crippen LogP contribution < -0.4 is 9.80 Å². The third kappa shape index (κ3) is 2.31. The molecule has 5 heteroatoms. The normalized spacial score (nSPS) is 22.4. The van der Waals surface area contributed by atoms with Crippen molar-refractivity contribution in [2.75, 3.05) is 36.0 Å². The first-order chi connectivity index (χ1) is 10.3. The Morgan fingerprint density at radius 1 is 1.05 bits per heavy atom. The van der Waals surface area contributed by atoms with Gasteiger partial charge in [-0.05, 0) is 37.5 Å². The molecule has 4 heterocycles. The molecule has 2 fully saturated rings. The Morgan fingerprint density at radius 3 is 2.67 bits per heavy atom. The van der Waals surface area contributed by atoms with Gasteiger partial charge in [0.2, 0.25) is 0 Å². The van der Waals surface area contributed by atoms with Crippen LogP contribution in [0.3, 0.4) is 0 Å². The molecule has 0 amide bonds. The smallest absolute Gasteiger partial charge is 0.129 e. The summed E-state index contributed by atoms with van der Waals surface area (Å²) in [7, 11) is 0. The highest BCUT2D eigenvalue weighted by molar-refractivity contribution is 5.89. The second-order valence-electron chi connectivity index (χ2n) is 5.95. The molecule has 2 saturated heterocycles. The Balaban J connectivity index is 1.77. The third-order valence-electron chi connectivity index (χ3n) is 4.48. The highest BCUT2D eigenvalue weighted by atomic mass is 16.3. The second kappa shape index (κ2) is 5.15. The lowest BCUT2D eigenvalue weighted by atomic mass is 10.2. The number of nitrogens with zero attached hydrogens (tertiary/aromatic N) is 4. The Bertz CT molecular complexity index is 654. The van der Waals surface area contributed by atoms with Crippen molar-refractivity contribution < 1.29 is 5.11 Å². The Morgan fingerprint density at radius 2 is 1.90 bits per heavy atom. The van der Waals surface area contributed by atoms with E-state index in [0.717, 1.165) is 48.6 Å². The zero-order valence-electron chi connectivity index (χ0n) is 12.1. The lowest BCUT2D eigenvalue weighted by molar-refractivity contribution is 0.198. The van der Waals surface area contributed by atoms with Crippen molar-refractivity contribution in [2.24, 2.45) is 0 Å². The molecule has 4 rings (SSSR count). The van der Waals surface area contributed by atoms with Crippen molar-refractivity contribution in [1.82, 2.24) is 9.97 Å². The molecule has 0 saturated carbocycles. The van der Waals surface area contributed by atoms with Crippen molar-refractivity contribution in [2.45, 2.75) is 25.4 Å². The van der Waals surface area contributed by atoms with Gasteiger partial charge in [0.25, 0.3) is 0 Å². The van der Waals surface area contributed by atoms with Crippen LogP contribution in [0.2, 0.25) is 0 Å². The minimum absolute atomic E-state index is 0.227. The molecule has 0 radical (unpaired) electrons. The van der Waals surface area contributed by atoms with Gasteiger partial charge in [0, 0.05) is 32.4 Å². The number of pyridine rings is 2. The van der Waals surface area contributed by atoms with E-state index in [1.165, 1.54) is 12.8 Å². The van der Waals surface area contributed by atoms with E-state index in [1.807, 2.05) is 12.3 Å². The van der Waals surface area contributed by atoms with E-state index in [2.05, 4.69) is 26.9 Å². The summed E-state index contributed by atoms with van der Waals surface area (Å²) in [6.45, 7) is 3.76. The van der Waals surface area contributed by atoms with Gasteiger partial charge >= 0.3 is 0 Å². The lowest BCUT2D eigenvalue weighted by Crippen LogP contribution is -2.22. The van der Waals surface area contributed by atoms with Crippen LogP contribution >= 0.6 is 0 Å². The Kier molecular flexibility index (Phi) is 3.15. The molecule has 2 aromatic rings. The van der Waals surface area contributed by atoms with Gasteiger partial charge in [-0.25, -0.2) is 4.98 Å². The van der Waals surface area contributed by atoms with Crippen LogP contribution in [0.4, 0.5) is 11.5 Å². The summed E-state index contributed by atoms with van der Waals surface area (Å²) < 4.78 is 0. The highest BCUT2D eigenvalue weighted by Gasteiger charge is 2.23. The third-order valence-corrected chi connectivity index (χ3v) is 4.48. The summed E-state index contributed by atoms with van der Waals surface area (Å²) in [5.74, 6) is 1.05. The number of aliphatic hydroxyl groups excluding tert-OH is 1. The van der Waals surface area contributed by atoms with E-state index in [-0.39, 0.29) is 6.10 Å². The summed E-state index contributed by atoms with van der Waals surface area (Å²) in [5.41, 5.74) is 2.98. The minimum atomic E-state index is -0.227. The molecule has 2 aromatic heterocycles. The number of fused-ring (bicyclic) bond motifs is 1. The predicted molar refractivity (Wildman–Crippen MR) is 83.8 cm³/mol. The van der Waals surface area contributed by atoms with Gasteiger partial charge in [-0.15, -0.1) is 0 Å². The first-order valence-electron chi connectivity index (χ1n) is 7.75. The summed E-state index contributed by atoms with van der Waals surface area (Å²) in [6.07, 6.45) is 4.93. The number of hydrogen-bond donors (Lipinski definition) is 1. The maximum absolute atomic E-state index is 9.77. The second-order valence-corrected chi connectivity index (χ2v) is 5.95. The SMILES string of the molecule is OC1CCN(c2ccnc3ccc(N4CCCC4)nc23)C1. The van der Waals surface area contributed by atoms with Crippen molar-refractivity contribution >= 4 is 22.5 Å². The first kappa shape index (κ1) is 12.8. The van der Waals surface area contributed by atoms with Crippen molar-refractivity contribution in [3.05, 3.63) is 24.4 Å². The monoisotopic (exact) mass is 284 g/mol. The molecular formula is C16H20N4O. The molecule has 2 aliphatic rings. The quantitative estimate of drug-likeness (QED) is 0.911. The topological polar surface area (TPSA) is 52.5 Å². The number of anilines is 2. The maximum atomic E-state index is 9.77. The molecule has 1 N–H and O–H groups in total. The zero-order valence-corrected chi connectivity index (χ0v) is 12.1. The number of rotatable bonds is 2. The number of hydrogen-bond acceptors (Lipinski definition) is 5. The molecule has 0 aromatic carbocycles. The number of aromatic nitrogens is 2. The fraction of sp³-hybridized carbons (Fsp3) is 0.500. The summed E-state index contributed by atoms with van der Waals surface area (Å²) in [6, 6.07) is 6.15. The average molecular weight is 284 g/mol. The molecule has 2 aliphatic heterocycles. The van der Waals surface area contributed by atoms with E-state index in [1.54, 1.807) is 0 Å². The maximum Gasteiger partial charge on any atom is 0.129 e. The van der Waals surface area contributed by atoms with Crippen LogP contribution in [0.1, 0.15) is 19.3 Å². The zero-order chi connectivity index (χ0) is 14.2. The van der Waals surface area contributed by atoms with Crippen LogP contribution in [-0.2, 0) is 0 Å². The minimum Gasteiger partial charge on any atom is -0.391 e. The van der Waals surface area contributed by atoms with Gasteiger partial charge in [-0.1, -0.05) is 0 Å². The van der Waals surface area contributed by atoms with Gasteiger partial charge < -0.3 is 14.9 Å². The molecule has 5 nitrogen and oxygen atoms in total. The van der Waals surface area contributed by atoms with Crippen LogP contribution in [-0.4, -0.2) is 47.4 Å². The van der Waals surface area contributed by atoms with Gasteiger partial charge in [0.15, 0.2) is 0 Å². The van der Waals surface area contributed by atoms with Crippen molar-refractivity contribution in [3.8, 4) is 0 Å². The Hall–Kier alpha value is -1.88. The summed E-state index contributed by atoms with van der Waals surface area (Å²) in [4.78, 5) is 13.9. The largest absolute Gasteiger partial charge is 0.391 e. The van der Waals surface area contributed by atoms with Gasteiger partial charge in [-0.3, -0.25) is 4.98 Å².